The zero-order valence-electron chi connectivity index (χ0n) is 5.71. The highest BCUT2D eigenvalue weighted by Gasteiger charge is 2.38. The summed E-state index contributed by atoms with van der Waals surface area (Å²) in [5.41, 5.74) is 5.55. The molecule has 2 nitrogen and oxygen atoms in total. The van der Waals surface area contributed by atoms with Crippen LogP contribution in [0.25, 0.3) is 0 Å². The van der Waals surface area contributed by atoms with E-state index in [1.807, 2.05) is 0 Å². The first-order valence-electron chi connectivity index (χ1n) is 3.87. The fourth-order valence-electron chi connectivity index (χ4n) is 1.60. The van der Waals surface area contributed by atoms with E-state index in [0.717, 1.165) is 18.6 Å². The van der Waals surface area contributed by atoms with E-state index < -0.39 is 0 Å². The molecule has 2 rings (SSSR count). The Balaban J connectivity index is 1.83. The largest absolute Gasteiger partial charge is 0.329 e. The molecule has 52 valence electrons. The molecule has 0 unspecified atom stereocenters. The van der Waals surface area contributed by atoms with E-state index in [4.69, 9.17) is 5.73 Å². The van der Waals surface area contributed by atoms with Crippen LogP contribution in [0.3, 0.4) is 0 Å². The van der Waals surface area contributed by atoms with Gasteiger partial charge in [-0.1, -0.05) is 0 Å². The van der Waals surface area contributed by atoms with Crippen molar-refractivity contribution in [1.29, 1.82) is 0 Å². The minimum Gasteiger partial charge on any atom is -0.329 e. The zero-order chi connectivity index (χ0) is 6.27. The Bertz CT molecular complexity index is 107. The summed E-state index contributed by atoms with van der Waals surface area (Å²) in [5.74, 6) is 0. The van der Waals surface area contributed by atoms with E-state index in [1.165, 1.54) is 25.8 Å². The van der Waals surface area contributed by atoms with Gasteiger partial charge >= 0.3 is 0 Å². The van der Waals surface area contributed by atoms with E-state index in [1.54, 1.807) is 0 Å². The Kier molecular flexibility index (Phi) is 1.24. The molecule has 2 fully saturated rings. The van der Waals surface area contributed by atoms with Crippen LogP contribution in [-0.2, 0) is 0 Å². The lowest BCUT2D eigenvalue weighted by Crippen LogP contribution is -2.52. The molecule has 0 amide bonds. The second-order valence-corrected chi connectivity index (χ2v) is 3.15. The highest BCUT2D eigenvalue weighted by atomic mass is 15.3. The van der Waals surface area contributed by atoms with Crippen LogP contribution in [0, 0.1) is 0 Å². The van der Waals surface area contributed by atoms with Crippen LogP contribution in [0.4, 0.5) is 0 Å². The Morgan fingerprint density at radius 2 is 2.11 bits per heavy atom. The number of likely N-dealkylation sites (tertiary alicyclic amines) is 1. The fraction of sp³-hybridized carbons (Fsp3) is 1.00. The molecule has 1 saturated heterocycles. The lowest BCUT2D eigenvalue weighted by atomic mass is 10.0. The molecule has 0 aromatic heterocycles. The summed E-state index contributed by atoms with van der Waals surface area (Å²) >= 11 is 0. The van der Waals surface area contributed by atoms with Gasteiger partial charge in [-0.15, -0.1) is 0 Å². The monoisotopic (exact) mass is 126 g/mol. The van der Waals surface area contributed by atoms with Gasteiger partial charge in [0.2, 0.25) is 0 Å². The smallest absolute Gasteiger partial charge is 0.0233 e. The van der Waals surface area contributed by atoms with Crippen molar-refractivity contribution in [3.8, 4) is 0 Å². The van der Waals surface area contributed by atoms with Gasteiger partial charge in [-0.25, -0.2) is 0 Å². The van der Waals surface area contributed by atoms with E-state index in [0.29, 0.717) is 0 Å². The van der Waals surface area contributed by atoms with Crippen LogP contribution in [0.15, 0.2) is 0 Å². The third kappa shape index (κ3) is 0.864. The SMILES string of the molecule is NC[C@@H]1CCN1C1CC1. The van der Waals surface area contributed by atoms with Gasteiger partial charge in [-0.2, -0.15) is 0 Å². The topological polar surface area (TPSA) is 29.3 Å². The van der Waals surface area contributed by atoms with Crippen LogP contribution in [0.1, 0.15) is 19.3 Å². The summed E-state index contributed by atoms with van der Waals surface area (Å²) in [4.78, 5) is 2.56. The molecule has 0 bridgehead atoms. The molecule has 0 spiro atoms. The maximum absolute atomic E-state index is 5.55. The van der Waals surface area contributed by atoms with Gasteiger partial charge < -0.3 is 5.73 Å². The quantitative estimate of drug-likeness (QED) is 0.572. The van der Waals surface area contributed by atoms with Gasteiger partial charge in [0.1, 0.15) is 0 Å². The summed E-state index contributed by atoms with van der Waals surface area (Å²) in [5, 5.41) is 0. The molecule has 0 aromatic carbocycles. The Morgan fingerprint density at radius 1 is 1.33 bits per heavy atom. The van der Waals surface area contributed by atoms with Crippen molar-refractivity contribution in [3.05, 3.63) is 0 Å². The van der Waals surface area contributed by atoms with Gasteiger partial charge in [0.05, 0.1) is 0 Å². The molecule has 2 heteroatoms. The molecular weight excluding hydrogens is 112 g/mol. The Hall–Kier alpha value is -0.0800. The molecule has 2 N–H and O–H groups in total. The van der Waals surface area contributed by atoms with E-state index >= 15 is 0 Å². The van der Waals surface area contributed by atoms with Gasteiger partial charge in [-0.3, -0.25) is 4.90 Å². The maximum Gasteiger partial charge on any atom is 0.0233 e. The molecule has 1 atom stereocenters. The van der Waals surface area contributed by atoms with Crippen molar-refractivity contribution in [1.82, 2.24) is 4.90 Å². The third-order valence-electron chi connectivity index (χ3n) is 2.48. The first kappa shape index (κ1) is 5.69. The zero-order valence-corrected chi connectivity index (χ0v) is 5.71. The molecule has 9 heavy (non-hydrogen) atoms. The average molecular weight is 126 g/mol. The predicted octanol–water partition coefficient (Wildman–Crippen LogP) is 0.182. The molecule has 1 aliphatic heterocycles. The predicted molar refractivity (Wildman–Crippen MR) is 37.2 cm³/mol. The summed E-state index contributed by atoms with van der Waals surface area (Å²) in [6.07, 6.45) is 4.19. The third-order valence-corrected chi connectivity index (χ3v) is 2.48. The van der Waals surface area contributed by atoms with E-state index in [-0.39, 0.29) is 0 Å². The minimum absolute atomic E-state index is 0.748. The average Bonchev–Trinajstić information content (AvgIpc) is 2.48. The van der Waals surface area contributed by atoms with Crippen LogP contribution in [0.5, 0.6) is 0 Å². The lowest BCUT2D eigenvalue weighted by molar-refractivity contribution is 0.0876. The first-order valence-corrected chi connectivity index (χ1v) is 3.87. The number of rotatable bonds is 2. The number of hydrogen-bond acceptors (Lipinski definition) is 2. The first-order chi connectivity index (χ1) is 4.42. The van der Waals surface area contributed by atoms with Crippen LogP contribution < -0.4 is 5.73 Å². The molecular formula is C7H14N2. The summed E-state index contributed by atoms with van der Waals surface area (Å²) in [6.45, 7) is 2.18. The summed E-state index contributed by atoms with van der Waals surface area (Å²) in [6, 6.07) is 1.68. The minimum atomic E-state index is 0.748. The summed E-state index contributed by atoms with van der Waals surface area (Å²) < 4.78 is 0. The van der Waals surface area contributed by atoms with Crippen molar-refractivity contribution in [3.63, 3.8) is 0 Å². The molecule has 1 aliphatic carbocycles. The summed E-state index contributed by atoms with van der Waals surface area (Å²) in [7, 11) is 0. The van der Waals surface area contributed by atoms with E-state index in [9.17, 15) is 0 Å². The fourth-order valence-corrected chi connectivity index (χ4v) is 1.60. The molecule has 2 aliphatic rings. The second kappa shape index (κ2) is 1.96. The molecule has 1 saturated carbocycles. The van der Waals surface area contributed by atoms with Crippen molar-refractivity contribution in [2.45, 2.75) is 31.3 Å². The Morgan fingerprint density at radius 3 is 2.44 bits per heavy atom. The molecule has 1 heterocycles. The van der Waals surface area contributed by atoms with Gasteiger partial charge in [0.25, 0.3) is 0 Å². The number of nitrogens with zero attached hydrogens (tertiary/aromatic N) is 1. The number of nitrogens with two attached hydrogens (primary N) is 1. The highest BCUT2D eigenvalue weighted by molar-refractivity contribution is 4.94. The normalized spacial score (nSPS) is 36.3. The van der Waals surface area contributed by atoms with Crippen LogP contribution in [-0.4, -0.2) is 30.1 Å². The van der Waals surface area contributed by atoms with Crippen molar-refractivity contribution in [2.24, 2.45) is 5.73 Å². The second-order valence-electron chi connectivity index (χ2n) is 3.15. The Labute approximate surface area is 56.0 Å². The lowest BCUT2D eigenvalue weighted by Gasteiger charge is -2.40. The van der Waals surface area contributed by atoms with Gasteiger partial charge in [0, 0.05) is 25.2 Å². The van der Waals surface area contributed by atoms with Gasteiger partial charge in [0.15, 0.2) is 0 Å². The van der Waals surface area contributed by atoms with Crippen LogP contribution in [0.2, 0.25) is 0 Å². The van der Waals surface area contributed by atoms with Crippen molar-refractivity contribution in [2.75, 3.05) is 13.1 Å². The standard InChI is InChI=1S/C7H14N2/c8-5-7-3-4-9(7)6-1-2-6/h6-7H,1-5,8H2/t7-/m0/s1. The van der Waals surface area contributed by atoms with Crippen LogP contribution >= 0.6 is 0 Å². The number of hydrogen-bond donors (Lipinski definition) is 1. The van der Waals surface area contributed by atoms with Crippen molar-refractivity contribution < 1.29 is 0 Å². The van der Waals surface area contributed by atoms with E-state index in [2.05, 4.69) is 4.90 Å². The van der Waals surface area contributed by atoms with Gasteiger partial charge in [-0.05, 0) is 19.3 Å². The molecule has 0 radical (unpaired) electrons. The van der Waals surface area contributed by atoms with Crippen molar-refractivity contribution >= 4 is 0 Å². The maximum atomic E-state index is 5.55. The highest BCUT2D eigenvalue weighted by Crippen LogP contribution is 2.33. The molecule has 0 aromatic rings.